The van der Waals surface area contributed by atoms with Crippen molar-refractivity contribution < 1.29 is 0 Å². The minimum Gasteiger partial charge on any atom is -0.314 e. The van der Waals surface area contributed by atoms with Crippen LogP contribution in [0.1, 0.15) is 10.7 Å². The topological polar surface area (TPSA) is 28.2 Å². The standard InChI is InChI=1S/C9H15N3S.ClH/c1-8-7-13-9(11-8)6-12-4-2-10-3-5-12;/h7,10H,2-6H2,1H3;1H. The Hall–Kier alpha value is -0.160. The molecule has 0 aromatic carbocycles. The first kappa shape index (κ1) is 11.9. The van der Waals surface area contributed by atoms with Gasteiger partial charge in [-0.05, 0) is 6.92 Å². The van der Waals surface area contributed by atoms with E-state index in [0.717, 1.165) is 38.4 Å². The lowest BCUT2D eigenvalue weighted by molar-refractivity contribution is 0.233. The maximum atomic E-state index is 4.46. The van der Waals surface area contributed by atoms with E-state index in [0.29, 0.717) is 0 Å². The van der Waals surface area contributed by atoms with E-state index >= 15 is 0 Å². The Balaban J connectivity index is 0.000000980. The van der Waals surface area contributed by atoms with Crippen LogP contribution in [-0.2, 0) is 6.54 Å². The molecule has 14 heavy (non-hydrogen) atoms. The van der Waals surface area contributed by atoms with Crippen LogP contribution in [0.4, 0.5) is 0 Å². The molecule has 2 rings (SSSR count). The van der Waals surface area contributed by atoms with Crippen molar-refractivity contribution in [3.63, 3.8) is 0 Å². The average Bonchev–Trinajstić information content (AvgIpc) is 2.53. The molecular weight excluding hydrogens is 218 g/mol. The lowest BCUT2D eigenvalue weighted by atomic mass is 10.3. The first-order valence-electron chi connectivity index (χ1n) is 4.69. The highest BCUT2D eigenvalue weighted by Crippen LogP contribution is 2.11. The van der Waals surface area contributed by atoms with E-state index in [1.54, 1.807) is 11.3 Å². The zero-order valence-electron chi connectivity index (χ0n) is 8.32. The van der Waals surface area contributed by atoms with Crippen molar-refractivity contribution in [1.82, 2.24) is 15.2 Å². The second kappa shape index (κ2) is 5.66. The van der Waals surface area contributed by atoms with Gasteiger partial charge in [-0.25, -0.2) is 4.98 Å². The van der Waals surface area contributed by atoms with E-state index in [9.17, 15) is 0 Å². The number of hydrogen-bond acceptors (Lipinski definition) is 4. The van der Waals surface area contributed by atoms with E-state index in [1.807, 2.05) is 0 Å². The first-order chi connectivity index (χ1) is 6.34. The number of halogens is 1. The second-order valence-electron chi connectivity index (χ2n) is 3.41. The number of thiazole rings is 1. The molecule has 0 atom stereocenters. The van der Waals surface area contributed by atoms with Gasteiger partial charge in [-0.1, -0.05) is 0 Å². The molecule has 0 unspecified atom stereocenters. The van der Waals surface area contributed by atoms with E-state index in [-0.39, 0.29) is 12.4 Å². The molecule has 0 spiro atoms. The summed E-state index contributed by atoms with van der Waals surface area (Å²) in [6, 6.07) is 0. The Morgan fingerprint density at radius 3 is 2.79 bits per heavy atom. The molecule has 0 saturated carbocycles. The van der Waals surface area contributed by atoms with Crippen molar-refractivity contribution in [1.29, 1.82) is 0 Å². The van der Waals surface area contributed by atoms with Crippen LogP contribution in [0.2, 0.25) is 0 Å². The quantitative estimate of drug-likeness (QED) is 0.834. The van der Waals surface area contributed by atoms with E-state index in [1.165, 1.54) is 5.01 Å². The summed E-state index contributed by atoms with van der Waals surface area (Å²) in [4.78, 5) is 6.91. The summed E-state index contributed by atoms with van der Waals surface area (Å²) in [5, 5.41) is 6.72. The van der Waals surface area contributed by atoms with Gasteiger partial charge in [0.1, 0.15) is 5.01 Å². The van der Waals surface area contributed by atoms with Crippen LogP contribution in [0.25, 0.3) is 0 Å². The maximum Gasteiger partial charge on any atom is 0.107 e. The Morgan fingerprint density at radius 1 is 1.50 bits per heavy atom. The predicted octanol–water partition coefficient (Wildman–Crippen LogP) is 1.28. The van der Waals surface area contributed by atoms with Gasteiger partial charge in [0, 0.05) is 37.3 Å². The number of aryl methyl sites for hydroxylation is 1. The molecule has 5 heteroatoms. The van der Waals surface area contributed by atoms with Gasteiger partial charge in [0.05, 0.1) is 6.54 Å². The summed E-state index contributed by atoms with van der Waals surface area (Å²) in [5.41, 5.74) is 1.15. The molecular formula is C9H16ClN3S. The van der Waals surface area contributed by atoms with Crippen LogP contribution >= 0.6 is 23.7 Å². The maximum absolute atomic E-state index is 4.46. The van der Waals surface area contributed by atoms with Gasteiger partial charge in [0.25, 0.3) is 0 Å². The van der Waals surface area contributed by atoms with E-state index in [4.69, 9.17) is 0 Å². The molecule has 3 nitrogen and oxygen atoms in total. The monoisotopic (exact) mass is 233 g/mol. The van der Waals surface area contributed by atoms with Crippen LogP contribution < -0.4 is 5.32 Å². The summed E-state index contributed by atoms with van der Waals surface area (Å²) < 4.78 is 0. The van der Waals surface area contributed by atoms with Crippen molar-refractivity contribution in [3.05, 3.63) is 16.1 Å². The Kier molecular flexibility index (Phi) is 4.81. The third-order valence-electron chi connectivity index (χ3n) is 2.24. The van der Waals surface area contributed by atoms with Crippen molar-refractivity contribution in [2.45, 2.75) is 13.5 Å². The summed E-state index contributed by atoms with van der Waals surface area (Å²) in [6.07, 6.45) is 0. The molecule has 80 valence electrons. The Labute approximate surface area is 94.9 Å². The van der Waals surface area contributed by atoms with Crippen LogP contribution in [0.5, 0.6) is 0 Å². The van der Waals surface area contributed by atoms with E-state index in [2.05, 4.69) is 27.5 Å². The molecule has 1 fully saturated rings. The highest BCUT2D eigenvalue weighted by molar-refractivity contribution is 7.09. The number of rotatable bonds is 2. The van der Waals surface area contributed by atoms with Crippen molar-refractivity contribution >= 4 is 23.7 Å². The SMILES string of the molecule is Cc1csc(CN2CCNCC2)n1.Cl. The molecule has 0 aliphatic carbocycles. The highest BCUT2D eigenvalue weighted by Gasteiger charge is 2.10. The van der Waals surface area contributed by atoms with Gasteiger partial charge in [-0.15, -0.1) is 23.7 Å². The molecule has 1 aliphatic heterocycles. The first-order valence-corrected chi connectivity index (χ1v) is 5.56. The number of hydrogen-bond donors (Lipinski definition) is 1. The average molecular weight is 234 g/mol. The fourth-order valence-corrected chi connectivity index (χ4v) is 2.35. The summed E-state index contributed by atoms with van der Waals surface area (Å²) in [7, 11) is 0. The number of piperazine rings is 1. The largest absolute Gasteiger partial charge is 0.314 e. The minimum atomic E-state index is 0. The van der Waals surface area contributed by atoms with Gasteiger partial charge in [-0.3, -0.25) is 4.90 Å². The van der Waals surface area contributed by atoms with E-state index < -0.39 is 0 Å². The second-order valence-corrected chi connectivity index (χ2v) is 4.35. The van der Waals surface area contributed by atoms with Gasteiger partial charge < -0.3 is 5.32 Å². The van der Waals surface area contributed by atoms with Crippen LogP contribution in [-0.4, -0.2) is 36.1 Å². The van der Waals surface area contributed by atoms with Crippen LogP contribution in [0.3, 0.4) is 0 Å². The molecule has 1 N–H and O–H groups in total. The molecule has 1 aromatic heterocycles. The molecule has 0 amide bonds. The Bertz CT molecular complexity index is 271. The van der Waals surface area contributed by atoms with Gasteiger partial charge in [-0.2, -0.15) is 0 Å². The van der Waals surface area contributed by atoms with Crippen LogP contribution in [0, 0.1) is 6.92 Å². The molecule has 0 bridgehead atoms. The fourth-order valence-electron chi connectivity index (χ4n) is 1.54. The van der Waals surface area contributed by atoms with Crippen LogP contribution in [0.15, 0.2) is 5.38 Å². The van der Waals surface area contributed by atoms with Gasteiger partial charge >= 0.3 is 0 Å². The Morgan fingerprint density at radius 2 is 2.21 bits per heavy atom. The third-order valence-corrected chi connectivity index (χ3v) is 3.19. The zero-order chi connectivity index (χ0) is 9.10. The lowest BCUT2D eigenvalue weighted by Gasteiger charge is -2.26. The number of aromatic nitrogens is 1. The highest BCUT2D eigenvalue weighted by atomic mass is 35.5. The predicted molar refractivity (Wildman–Crippen MR) is 62.2 cm³/mol. The molecule has 1 aromatic rings. The zero-order valence-corrected chi connectivity index (χ0v) is 9.96. The third kappa shape index (κ3) is 3.20. The molecule has 2 heterocycles. The number of nitrogens with zero attached hydrogens (tertiary/aromatic N) is 2. The normalized spacial score (nSPS) is 17.8. The fraction of sp³-hybridized carbons (Fsp3) is 0.667. The molecule has 1 saturated heterocycles. The van der Waals surface area contributed by atoms with Crippen molar-refractivity contribution in [2.24, 2.45) is 0 Å². The van der Waals surface area contributed by atoms with Gasteiger partial charge in [0.2, 0.25) is 0 Å². The molecule has 0 radical (unpaired) electrons. The minimum absolute atomic E-state index is 0. The lowest BCUT2D eigenvalue weighted by Crippen LogP contribution is -2.42. The van der Waals surface area contributed by atoms with Crippen molar-refractivity contribution in [2.75, 3.05) is 26.2 Å². The number of nitrogens with one attached hydrogen (secondary N) is 1. The summed E-state index contributed by atoms with van der Waals surface area (Å²) in [5.74, 6) is 0. The summed E-state index contributed by atoms with van der Waals surface area (Å²) in [6.45, 7) is 7.61. The van der Waals surface area contributed by atoms with Gasteiger partial charge in [0.15, 0.2) is 0 Å². The summed E-state index contributed by atoms with van der Waals surface area (Å²) >= 11 is 1.77. The van der Waals surface area contributed by atoms with Crippen molar-refractivity contribution in [3.8, 4) is 0 Å². The smallest absolute Gasteiger partial charge is 0.107 e. The molecule has 1 aliphatic rings.